The second-order valence-electron chi connectivity index (χ2n) is 8.51. The molecule has 182 valence electrons. The number of fused-ring (bicyclic) bond motifs is 2. The Morgan fingerprint density at radius 1 is 1.21 bits per heavy atom. The molecule has 0 bridgehead atoms. The van der Waals surface area contributed by atoms with Crippen LogP contribution in [0.15, 0.2) is 24.4 Å². The highest BCUT2D eigenvalue weighted by Crippen LogP contribution is 2.42. The van der Waals surface area contributed by atoms with Gasteiger partial charge >= 0.3 is 6.18 Å². The second kappa shape index (κ2) is 9.38. The number of alkyl halides is 3. The van der Waals surface area contributed by atoms with Crippen molar-refractivity contribution >= 4 is 41.0 Å². The highest BCUT2D eigenvalue weighted by atomic mass is 35.5. The first kappa shape index (κ1) is 24.2. The van der Waals surface area contributed by atoms with Crippen LogP contribution in [0, 0.1) is 0 Å². The molecule has 0 radical (unpaired) electrons. The smallest absolute Gasteiger partial charge is 0.354 e. The largest absolute Gasteiger partial charge is 0.416 e. The maximum atomic E-state index is 13.4. The molecule has 1 saturated carbocycles. The van der Waals surface area contributed by atoms with Gasteiger partial charge in [-0.2, -0.15) is 23.3 Å². The molecule has 1 amide bonds. The number of carbonyl (C=O) groups is 1. The van der Waals surface area contributed by atoms with Crippen LogP contribution in [0.1, 0.15) is 60.9 Å². The predicted molar refractivity (Wildman–Crippen MR) is 124 cm³/mol. The highest BCUT2D eigenvalue weighted by molar-refractivity contribution is 6.06. The molecule has 5 rings (SSSR count). The third-order valence-electron chi connectivity index (χ3n) is 6.27. The van der Waals surface area contributed by atoms with E-state index < -0.39 is 23.6 Å². The summed E-state index contributed by atoms with van der Waals surface area (Å²) in [6.07, 6.45) is 2.22. The van der Waals surface area contributed by atoms with E-state index in [9.17, 15) is 18.0 Å². The molecular weight excluding hydrogens is 471 g/mol. The summed E-state index contributed by atoms with van der Waals surface area (Å²) < 4.78 is 42.0. The first-order chi connectivity index (χ1) is 15.8. The van der Waals surface area contributed by atoms with Crippen LogP contribution < -0.4 is 16.4 Å². The summed E-state index contributed by atoms with van der Waals surface area (Å²) in [5.74, 6) is -1.15. The normalized spacial score (nSPS) is 18.1. The summed E-state index contributed by atoms with van der Waals surface area (Å²) in [7, 11) is 0. The van der Waals surface area contributed by atoms with Crippen LogP contribution in [0.4, 0.5) is 24.8 Å². The minimum atomic E-state index is -4.52. The van der Waals surface area contributed by atoms with Gasteiger partial charge in [0.05, 0.1) is 22.7 Å². The van der Waals surface area contributed by atoms with Crippen molar-refractivity contribution in [3.8, 4) is 0 Å². The number of halogens is 4. The van der Waals surface area contributed by atoms with Gasteiger partial charge < -0.3 is 16.4 Å². The average molecular weight is 496 g/mol. The molecule has 1 atom stereocenters. The Labute approximate surface area is 199 Å². The highest BCUT2D eigenvalue weighted by Gasteiger charge is 2.39. The molecule has 1 aromatic carbocycles. The van der Waals surface area contributed by atoms with E-state index in [0.717, 1.165) is 37.8 Å². The zero-order chi connectivity index (χ0) is 23.2. The molecule has 12 heteroatoms. The van der Waals surface area contributed by atoms with Crippen LogP contribution in [-0.4, -0.2) is 38.7 Å². The number of amides is 1. The summed E-state index contributed by atoms with van der Waals surface area (Å²) in [6, 6.07) is 3.52. The van der Waals surface area contributed by atoms with E-state index in [-0.39, 0.29) is 30.0 Å². The van der Waals surface area contributed by atoms with Crippen LogP contribution in [0.5, 0.6) is 0 Å². The molecule has 2 aromatic heterocycles. The van der Waals surface area contributed by atoms with Gasteiger partial charge in [0, 0.05) is 18.4 Å². The molecule has 3 heterocycles. The fourth-order valence-electron chi connectivity index (χ4n) is 4.61. The van der Waals surface area contributed by atoms with E-state index in [1.54, 1.807) is 0 Å². The number of nitrogens with two attached hydrogens (primary N) is 1. The number of nitrogens with one attached hydrogen (secondary N) is 2. The van der Waals surface area contributed by atoms with Crippen LogP contribution in [-0.2, 0) is 11.0 Å². The SMILES string of the molecule is Cl.NCCCNc1nc(C2C(=O)Nc3ccc(C(F)(F)F)cc32)c2cn(C3CCCC3)nc2n1. The molecule has 3 aromatic rings. The van der Waals surface area contributed by atoms with Gasteiger partial charge in [0.15, 0.2) is 5.65 Å². The number of hydrogen-bond donors (Lipinski definition) is 3. The predicted octanol–water partition coefficient (Wildman–Crippen LogP) is 4.23. The van der Waals surface area contributed by atoms with E-state index in [4.69, 9.17) is 5.73 Å². The lowest BCUT2D eigenvalue weighted by Gasteiger charge is -2.13. The van der Waals surface area contributed by atoms with Gasteiger partial charge in [0.1, 0.15) is 5.92 Å². The van der Waals surface area contributed by atoms with E-state index in [2.05, 4.69) is 25.7 Å². The van der Waals surface area contributed by atoms with Gasteiger partial charge in [-0.3, -0.25) is 9.48 Å². The van der Waals surface area contributed by atoms with Crippen LogP contribution in [0.2, 0.25) is 0 Å². The van der Waals surface area contributed by atoms with E-state index >= 15 is 0 Å². The van der Waals surface area contributed by atoms with E-state index in [1.807, 2.05) is 10.9 Å². The van der Waals surface area contributed by atoms with Crippen LogP contribution >= 0.6 is 12.4 Å². The maximum absolute atomic E-state index is 13.4. The zero-order valence-corrected chi connectivity index (χ0v) is 19.0. The number of carbonyl (C=O) groups excluding carboxylic acids is 1. The Balaban J connectivity index is 0.00000274. The third-order valence-corrected chi connectivity index (χ3v) is 6.27. The minimum Gasteiger partial charge on any atom is -0.354 e. The Morgan fingerprint density at radius 2 is 1.97 bits per heavy atom. The molecule has 8 nitrogen and oxygen atoms in total. The maximum Gasteiger partial charge on any atom is 0.416 e. The van der Waals surface area contributed by atoms with Crippen molar-refractivity contribution in [3.63, 3.8) is 0 Å². The molecule has 0 spiro atoms. The van der Waals surface area contributed by atoms with E-state index in [1.165, 1.54) is 6.07 Å². The fraction of sp³-hybridized carbons (Fsp3) is 0.455. The molecule has 1 fully saturated rings. The minimum absolute atomic E-state index is 0. The van der Waals surface area contributed by atoms with Gasteiger partial charge in [-0.25, -0.2) is 4.98 Å². The third kappa shape index (κ3) is 4.41. The molecule has 0 saturated heterocycles. The van der Waals surface area contributed by atoms with Crippen molar-refractivity contribution < 1.29 is 18.0 Å². The molecule has 1 aliphatic heterocycles. The van der Waals surface area contributed by atoms with E-state index in [0.29, 0.717) is 41.9 Å². The molecule has 1 unspecified atom stereocenters. The molecule has 4 N–H and O–H groups in total. The molecular formula is C22H25ClF3N7O. The quantitative estimate of drug-likeness (QED) is 0.441. The number of anilines is 2. The second-order valence-corrected chi connectivity index (χ2v) is 8.51. The Kier molecular flexibility index (Phi) is 6.68. The Morgan fingerprint density at radius 3 is 2.68 bits per heavy atom. The number of aromatic nitrogens is 4. The number of rotatable bonds is 6. The molecule has 2 aliphatic rings. The fourth-order valence-corrected chi connectivity index (χ4v) is 4.61. The number of hydrogen-bond acceptors (Lipinski definition) is 6. The lowest BCUT2D eigenvalue weighted by molar-refractivity contribution is -0.137. The van der Waals surface area contributed by atoms with Crippen LogP contribution in [0.25, 0.3) is 11.0 Å². The van der Waals surface area contributed by atoms with Gasteiger partial charge in [0.25, 0.3) is 0 Å². The lowest BCUT2D eigenvalue weighted by atomic mass is 9.93. The standard InChI is InChI=1S/C22H24F3N7O.ClH/c23-22(24,25)12-6-7-16-14(10-12)17(20(33)28-16)18-15-11-32(13-4-1-2-5-13)31-19(15)30-21(29-18)27-9-3-8-26;/h6-7,10-11,13,17H,1-5,8-9,26H2,(H,28,33)(H,27,30,31);1H. The summed E-state index contributed by atoms with van der Waals surface area (Å²) in [5.41, 5.74) is 6.11. The van der Waals surface area contributed by atoms with Gasteiger partial charge in [-0.05, 0) is 49.6 Å². The van der Waals surface area contributed by atoms with Crippen LogP contribution in [0.3, 0.4) is 0 Å². The van der Waals surface area contributed by atoms with Crippen molar-refractivity contribution in [1.82, 2.24) is 19.7 Å². The number of benzene rings is 1. The lowest BCUT2D eigenvalue weighted by Crippen LogP contribution is -2.17. The average Bonchev–Trinajstić information content (AvgIpc) is 3.50. The zero-order valence-electron chi connectivity index (χ0n) is 18.2. The summed E-state index contributed by atoms with van der Waals surface area (Å²) in [4.78, 5) is 22.0. The summed E-state index contributed by atoms with van der Waals surface area (Å²) in [5, 5.41) is 11.0. The van der Waals surface area contributed by atoms with Crippen molar-refractivity contribution in [2.45, 2.75) is 50.2 Å². The molecule has 1 aliphatic carbocycles. The first-order valence-corrected chi connectivity index (χ1v) is 11.1. The van der Waals surface area contributed by atoms with Gasteiger partial charge in [-0.15, -0.1) is 12.4 Å². The van der Waals surface area contributed by atoms with Crippen molar-refractivity contribution in [2.75, 3.05) is 23.7 Å². The van der Waals surface area contributed by atoms with Crippen molar-refractivity contribution in [3.05, 3.63) is 41.2 Å². The van der Waals surface area contributed by atoms with Crippen molar-refractivity contribution in [2.24, 2.45) is 5.73 Å². The van der Waals surface area contributed by atoms with Gasteiger partial charge in [-0.1, -0.05) is 12.8 Å². The Hall–Kier alpha value is -2.92. The monoisotopic (exact) mass is 495 g/mol. The number of nitrogens with zero attached hydrogens (tertiary/aromatic N) is 4. The van der Waals surface area contributed by atoms with Crippen molar-refractivity contribution in [1.29, 1.82) is 0 Å². The summed E-state index contributed by atoms with van der Waals surface area (Å²) >= 11 is 0. The summed E-state index contributed by atoms with van der Waals surface area (Å²) in [6.45, 7) is 1.01. The topological polar surface area (TPSA) is 111 Å². The first-order valence-electron chi connectivity index (χ1n) is 11.1. The molecule has 34 heavy (non-hydrogen) atoms. The Bertz CT molecular complexity index is 1210. The van der Waals surface area contributed by atoms with Gasteiger partial charge in [0.2, 0.25) is 11.9 Å².